The molecule has 5 rings (SSSR count). The Labute approximate surface area is 191 Å². The second-order valence-corrected chi connectivity index (χ2v) is 5.34. The first-order valence-corrected chi connectivity index (χ1v) is 9.50. The van der Waals surface area contributed by atoms with Crippen LogP contribution in [0.15, 0.2) is 145 Å². The van der Waals surface area contributed by atoms with Crippen LogP contribution in [0, 0.1) is 0 Å². The van der Waals surface area contributed by atoms with Gasteiger partial charge in [0.1, 0.15) is 12.2 Å². The standard InChI is InChI=1S/C4H8O4.5C4H4O/c5-1-3(7)4(8)2-6;5*1-2-4-5-3-1/h1,3-4,6-8H,2H2;5*1-4H. The van der Waals surface area contributed by atoms with Gasteiger partial charge in [-0.15, -0.1) is 0 Å². The molecule has 9 nitrogen and oxygen atoms in total. The van der Waals surface area contributed by atoms with Crippen LogP contribution in [0.4, 0.5) is 0 Å². The van der Waals surface area contributed by atoms with Crippen LogP contribution in [0.25, 0.3) is 0 Å². The predicted molar refractivity (Wildman–Crippen MR) is 119 cm³/mol. The van der Waals surface area contributed by atoms with Gasteiger partial charge < -0.3 is 42.2 Å². The average Bonchev–Trinajstić information content (AvgIpc) is 3.73. The molecule has 0 bridgehead atoms. The first-order valence-electron chi connectivity index (χ1n) is 9.50. The number of aliphatic hydroxyl groups excluding tert-OH is 3. The fourth-order valence-corrected chi connectivity index (χ4v) is 1.33. The van der Waals surface area contributed by atoms with Crippen LogP contribution in [0.3, 0.4) is 0 Å². The van der Waals surface area contributed by atoms with Gasteiger partial charge in [-0.3, -0.25) is 0 Å². The van der Waals surface area contributed by atoms with Gasteiger partial charge in [-0.1, -0.05) is 0 Å². The van der Waals surface area contributed by atoms with Crippen molar-refractivity contribution in [3.05, 3.63) is 123 Å². The SMILES string of the molecule is O=CC(O)C(O)CO.c1ccoc1.c1ccoc1.c1ccoc1.c1ccoc1.c1ccoc1. The van der Waals surface area contributed by atoms with Crippen LogP contribution in [-0.4, -0.2) is 40.4 Å². The Bertz CT molecular complexity index is 613. The van der Waals surface area contributed by atoms with Gasteiger partial charge in [0.15, 0.2) is 6.29 Å². The molecule has 0 spiro atoms. The molecule has 0 aliphatic rings. The highest BCUT2D eigenvalue weighted by Gasteiger charge is 2.12. The third-order valence-electron chi connectivity index (χ3n) is 2.85. The fraction of sp³-hybridized carbons (Fsp3) is 0.125. The molecule has 178 valence electrons. The zero-order valence-electron chi connectivity index (χ0n) is 17.8. The van der Waals surface area contributed by atoms with Gasteiger partial charge >= 0.3 is 0 Å². The van der Waals surface area contributed by atoms with Crippen molar-refractivity contribution in [1.82, 2.24) is 0 Å². The van der Waals surface area contributed by atoms with Crippen LogP contribution >= 0.6 is 0 Å². The smallest absolute Gasteiger partial charge is 0.151 e. The molecule has 0 aromatic carbocycles. The quantitative estimate of drug-likeness (QED) is 0.336. The summed E-state index contributed by atoms with van der Waals surface area (Å²) in [6, 6.07) is 18.3. The van der Waals surface area contributed by atoms with E-state index in [4.69, 9.17) is 15.3 Å². The Balaban J connectivity index is 0.000000375. The molecule has 5 aromatic rings. The number of aldehydes is 1. The topological polar surface area (TPSA) is 143 Å². The van der Waals surface area contributed by atoms with Crippen LogP contribution in [0.5, 0.6) is 0 Å². The number of aliphatic hydroxyl groups is 3. The van der Waals surface area contributed by atoms with Gasteiger partial charge in [0, 0.05) is 0 Å². The molecule has 5 aromatic heterocycles. The fourth-order valence-electron chi connectivity index (χ4n) is 1.33. The average molecular weight is 460 g/mol. The first kappa shape index (κ1) is 28.9. The van der Waals surface area contributed by atoms with Crippen LogP contribution < -0.4 is 0 Å². The Morgan fingerprint density at radius 2 is 0.727 bits per heavy atom. The molecule has 0 fully saturated rings. The second-order valence-electron chi connectivity index (χ2n) is 5.34. The molecular formula is C24H28O9. The zero-order chi connectivity index (χ0) is 24.2. The van der Waals surface area contributed by atoms with Crippen molar-refractivity contribution in [3.8, 4) is 0 Å². The van der Waals surface area contributed by atoms with E-state index < -0.39 is 18.8 Å². The van der Waals surface area contributed by atoms with Crippen molar-refractivity contribution in [3.63, 3.8) is 0 Å². The third-order valence-corrected chi connectivity index (χ3v) is 2.85. The van der Waals surface area contributed by atoms with Gasteiger partial charge in [-0.05, 0) is 60.7 Å². The molecule has 9 heteroatoms. The first-order chi connectivity index (χ1) is 16.2. The minimum absolute atomic E-state index is 0.168. The van der Waals surface area contributed by atoms with Gasteiger partial charge in [0.2, 0.25) is 0 Å². The lowest BCUT2D eigenvalue weighted by Gasteiger charge is -2.06. The monoisotopic (exact) mass is 460 g/mol. The normalized spacial score (nSPS) is 10.3. The van der Waals surface area contributed by atoms with E-state index >= 15 is 0 Å². The van der Waals surface area contributed by atoms with Crippen LogP contribution in [-0.2, 0) is 4.79 Å². The van der Waals surface area contributed by atoms with E-state index in [0.717, 1.165) is 0 Å². The van der Waals surface area contributed by atoms with Crippen molar-refractivity contribution in [2.75, 3.05) is 6.61 Å². The number of furan rings is 5. The van der Waals surface area contributed by atoms with Crippen LogP contribution in [0.1, 0.15) is 0 Å². The maximum absolute atomic E-state index is 9.58. The summed E-state index contributed by atoms with van der Waals surface area (Å²) in [7, 11) is 0. The Kier molecular flexibility index (Phi) is 21.2. The number of carbonyl (C=O) groups excluding carboxylic acids is 1. The van der Waals surface area contributed by atoms with E-state index in [1.807, 2.05) is 60.7 Å². The largest absolute Gasteiger partial charge is 0.473 e. The molecule has 33 heavy (non-hydrogen) atoms. The van der Waals surface area contributed by atoms with E-state index in [-0.39, 0.29) is 6.29 Å². The van der Waals surface area contributed by atoms with E-state index in [9.17, 15) is 4.79 Å². The Hall–Kier alpha value is -4.05. The van der Waals surface area contributed by atoms with Crippen molar-refractivity contribution >= 4 is 6.29 Å². The van der Waals surface area contributed by atoms with E-state index in [2.05, 4.69) is 22.1 Å². The van der Waals surface area contributed by atoms with Crippen molar-refractivity contribution < 1.29 is 42.2 Å². The molecule has 5 heterocycles. The highest BCUT2D eigenvalue weighted by atomic mass is 16.4. The molecule has 0 aliphatic carbocycles. The molecule has 0 aliphatic heterocycles. The number of hydrogen-bond donors (Lipinski definition) is 3. The van der Waals surface area contributed by atoms with Gasteiger partial charge in [0.25, 0.3) is 0 Å². The lowest BCUT2D eigenvalue weighted by atomic mass is 10.2. The summed E-state index contributed by atoms with van der Waals surface area (Å²) in [5, 5.41) is 24.8. The minimum Gasteiger partial charge on any atom is -0.473 e. The Morgan fingerprint density at radius 3 is 0.788 bits per heavy atom. The molecule has 0 saturated carbocycles. The molecule has 2 unspecified atom stereocenters. The van der Waals surface area contributed by atoms with Gasteiger partial charge in [-0.2, -0.15) is 0 Å². The van der Waals surface area contributed by atoms with E-state index in [1.165, 1.54) is 0 Å². The van der Waals surface area contributed by atoms with Gasteiger partial charge in [-0.25, -0.2) is 0 Å². The summed E-state index contributed by atoms with van der Waals surface area (Å²) >= 11 is 0. The lowest BCUT2D eigenvalue weighted by molar-refractivity contribution is -0.121. The summed E-state index contributed by atoms with van der Waals surface area (Å²) in [5.41, 5.74) is 0. The van der Waals surface area contributed by atoms with E-state index in [0.29, 0.717) is 0 Å². The van der Waals surface area contributed by atoms with Crippen LogP contribution in [0.2, 0.25) is 0 Å². The van der Waals surface area contributed by atoms with Gasteiger partial charge in [0.05, 0.1) is 69.2 Å². The minimum atomic E-state index is -1.46. The summed E-state index contributed by atoms with van der Waals surface area (Å²) < 4.78 is 22.9. The second kappa shape index (κ2) is 24.2. The maximum Gasteiger partial charge on any atom is 0.151 e. The molecular weight excluding hydrogens is 432 g/mol. The number of carbonyl (C=O) groups is 1. The highest BCUT2D eigenvalue weighted by molar-refractivity contribution is 5.56. The third kappa shape index (κ3) is 22.5. The molecule has 0 radical (unpaired) electrons. The Morgan fingerprint density at radius 1 is 0.515 bits per heavy atom. The summed E-state index contributed by atoms with van der Waals surface area (Å²) in [6.45, 7) is -0.597. The van der Waals surface area contributed by atoms with Crippen molar-refractivity contribution in [1.29, 1.82) is 0 Å². The number of hydrogen-bond acceptors (Lipinski definition) is 9. The highest BCUT2D eigenvalue weighted by Crippen LogP contribution is 1.85. The van der Waals surface area contributed by atoms with Crippen molar-refractivity contribution in [2.24, 2.45) is 0 Å². The zero-order valence-corrected chi connectivity index (χ0v) is 17.8. The van der Waals surface area contributed by atoms with E-state index in [1.54, 1.807) is 62.6 Å². The van der Waals surface area contributed by atoms with Crippen molar-refractivity contribution in [2.45, 2.75) is 12.2 Å². The summed E-state index contributed by atoms with van der Waals surface area (Å²) in [5.74, 6) is 0. The molecule has 3 N–H and O–H groups in total. The summed E-state index contributed by atoms with van der Waals surface area (Å²) in [4.78, 5) is 9.58. The molecule has 0 saturated heterocycles. The molecule has 0 amide bonds. The molecule has 2 atom stereocenters. The summed E-state index contributed by atoms with van der Waals surface area (Å²) in [6.07, 6.45) is 13.6. The number of rotatable bonds is 3. The predicted octanol–water partition coefficient (Wildman–Crippen LogP) is 4.30. The lowest BCUT2D eigenvalue weighted by Crippen LogP contribution is -2.30. The maximum atomic E-state index is 9.58.